The van der Waals surface area contributed by atoms with Crippen molar-refractivity contribution in [1.82, 2.24) is 4.90 Å². The number of hydrogen-bond donors (Lipinski definition) is 0. The number of nitrogens with zero attached hydrogens (tertiary/aromatic N) is 3. The van der Waals surface area contributed by atoms with Crippen LogP contribution in [0.2, 0.25) is 5.02 Å². The highest BCUT2D eigenvalue weighted by molar-refractivity contribution is 7.94. The first-order valence-corrected chi connectivity index (χ1v) is 12.6. The third kappa shape index (κ3) is 3.97. The summed E-state index contributed by atoms with van der Waals surface area (Å²) in [5.74, 6) is -1.52. The van der Waals surface area contributed by atoms with Crippen LogP contribution in [0.4, 0.5) is 11.4 Å². The average Bonchev–Trinajstić information content (AvgIpc) is 2.96. The number of anilines is 2. The van der Waals surface area contributed by atoms with Crippen LogP contribution in [0.25, 0.3) is 0 Å². The fraction of sp³-hybridized carbons (Fsp3) is 0.391. The highest BCUT2D eigenvalue weighted by Gasteiger charge is 2.42. The molecule has 170 valence electrons. The summed E-state index contributed by atoms with van der Waals surface area (Å²) < 4.78 is 25.5. The molecule has 2 amide bonds. The van der Waals surface area contributed by atoms with Gasteiger partial charge < -0.3 is 9.80 Å². The number of carbonyl (C=O) groups is 2. The van der Waals surface area contributed by atoms with Gasteiger partial charge in [-0.1, -0.05) is 30.7 Å². The van der Waals surface area contributed by atoms with Crippen LogP contribution in [-0.4, -0.2) is 57.1 Å². The summed E-state index contributed by atoms with van der Waals surface area (Å²) in [5.41, 5.74) is 4.13. The minimum atomic E-state index is -3.72. The predicted molar refractivity (Wildman–Crippen MR) is 126 cm³/mol. The fourth-order valence-electron chi connectivity index (χ4n) is 4.29. The van der Waals surface area contributed by atoms with Gasteiger partial charge in [0.2, 0.25) is 15.9 Å². The van der Waals surface area contributed by atoms with Gasteiger partial charge >= 0.3 is 0 Å². The van der Waals surface area contributed by atoms with Crippen molar-refractivity contribution in [3.63, 3.8) is 0 Å². The summed E-state index contributed by atoms with van der Waals surface area (Å²) >= 11 is 6.37. The Morgan fingerprint density at radius 3 is 2.34 bits per heavy atom. The molecule has 2 aliphatic heterocycles. The first-order valence-electron chi connectivity index (χ1n) is 10.6. The second-order valence-corrected chi connectivity index (χ2v) is 10.7. The number of sulfonamides is 1. The normalized spacial score (nSPS) is 20.7. The quantitative estimate of drug-likeness (QED) is 0.681. The van der Waals surface area contributed by atoms with Crippen LogP contribution in [-0.2, 0) is 14.8 Å². The molecule has 0 N–H and O–H groups in total. The van der Waals surface area contributed by atoms with Gasteiger partial charge in [-0.3, -0.25) is 9.59 Å². The molecule has 32 heavy (non-hydrogen) atoms. The molecule has 2 aliphatic rings. The summed E-state index contributed by atoms with van der Waals surface area (Å²) in [4.78, 5) is 29.4. The minimum Gasteiger partial charge on any atom is -0.368 e. The molecule has 7 nitrogen and oxygen atoms in total. The lowest BCUT2D eigenvalue weighted by atomic mass is 10.1. The van der Waals surface area contributed by atoms with Gasteiger partial charge in [0.15, 0.2) is 0 Å². The third-order valence-corrected chi connectivity index (χ3v) is 8.44. The Bertz CT molecular complexity index is 1190. The molecule has 0 bridgehead atoms. The van der Waals surface area contributed by atoms with Gasteiger partial charge in [-0.2, -0.15) is 0 Å². The van der Waals surface area contributed by atoms with Crippen LogP contribution in [0.1, 0.15) is 28.4 Å². The zero-order chi connectivity index (χ0) is 23.2. The van der Waals surface area contributed by atoms with Crippen LogP contribution in [0.5, 0.6) is 0 Å². The standard InChI is InChI=1S/C23H26ClN3O4S/c1-15-5-4-6-21(17(15)3)25-9-11-26(12-10-25)23(29)19-8-7-18(13-20(19)24)27-22(28)16(2)14-32(27,30)31/h4-8,13,16H,9-12,14H2,1-3H3/t16-/m0/s1. The van der Waals surface area contributed by atoms with E-state index in [1.165, 1.54) is 35.0 Å². The van der Waals surface area contributed by atoms with E-state index >= 15 is 0 Å². The lowest BCUT2D eigenvalue weighted by Gasteiger charge is -2.37. The molecule has 2 aromatic rings. The van der Waals surface area contributed by atoms with E-state index < -0.39 is 21.8 Å². The molecule has 2 heterocycles. The van der Waals surface area contributed by atoms with E-state index in [2.05, 4.69) is 30.9 Å². The maximum atomic E-state index is 13.1. The zero-order valence-electron chi connectivity index (χ0n) is 18.3. The Morgan fingerprint density at radius 1 is 1.06 bits per heavy atom. The number of piperazine rings is 1. The number of carbonyl (C=O) groups excluding carboxylic acids is 2. The Labute approximate surface area is 193 Å². The molecular weight excluding hydrogens is 450 g/mol. The summed E-state index contributed by atoms with van der Waals surface area (Å²) in [7, 11) is -3.72. The summed E-state index contributed by atoms with van der Waals surface area (Å²) in [5, 5.41) is 0.131. The fourth-order valence-corrected chi connectivity index (χ4v) is 6.36. The Kier molecular flexibility index (Phi) is 5.94. The molecule has 2 fully saturated rings. The van der Waals surface area contributed by atoms with Crippen molar-refractivity contribution in [2.75, 3.05) is 41.1 Å². The number of halogens is 1. The summed E-state index contributed by atoms with van der Waals surface area (Å²) in [6.07, 6.45) is 0. The van der Waals surface area contributed by atoms with Crippen LogP contribution in [0.3, 0.4) is 0 Å². The molecule has 2 aromatic carbocycles. The number of amides is 2. The van der Waals surface area contributed by atoms with E-state index in [-0.39, 0.29) is 22.4 Å². The molecule has 9 heteroatoms. The van der Waals surface area contributed by atoms with Gasteiger partial charge in [-0.15, -0.1) is 0 Å². The lowest BCUT2D eigenvalue weighted by molar-refractivity contribution is -0.119. The van der Waals surface area contributed by atoms with Crippen molar-refractivity contribution in [3.05, 3.63) is 58.1 Å². The smallest absolute Gasteiger partial charge is 0.255 e. The highest BCUT2D eigenvalue weighted by atomic mass is 35.5. The van der Waals surface area contributed by atoms with Crippen LogP contribution in [0.15, 0.2) is 36.4 Å². The topological polar surface area (TPSA) is 78.0 Å². The predicted octanol–water partition coefficient (Wildman–Crippen LogP) is 3.23. The minimum absolute atomic E-state index is 0.131. The highest BCUT2D eigenvalue weighted by Crippen LogP contribution is 2.32. The van der Waals surface area contributed by atoms with E-state index in [1.54, 1.807) is 11.8 Å². The molecule has 0 radical (unpaired) electrons. The average molecular weight is 476 g/mol. The Balaban J connectivity index is 1.49. The van der Waals surface area contributed by atoms with Gasteiger partial charge in [-0.25, -0.2) is 12.7 Å². The Morgan fingerprint density at radius 2 is 1.75 bits per heavy atom. The molecule has 2 saturated heterocycles. The van der Waals surface area contributed by atoms with Gasteiger partial charge in [-0.05, 0) is 49.2 Å². The maximum Gasteiger partial charge on any atom is 0.255 e. The second-order valence-electron chi connectivity index (χ2n) is 8.44. The first kappa shape index (κ1) is 22.6. The van der Waals surface area contributed by atoms with E-state index in [1.807, 2.05) is 6.07 Å². The number of aryl methyl sites for hydroxylation is 1. The van der Waals surface area contributed by atoms with Gasteiger partial charge in [0.25, 0.3) is 5.91 Å². The second kappa shape index (κ2) is 8.41. The third-order valence-electron chi connectivity index (χ3n) is 6.26. The summed E-state index contributed by atoms with van der Waals surface area (Å²) in [6, 6.07) is 10.6. The van der Waals surface area contributed by atoms with Crippen molar-refractivity contribution in [1.29, 1.82) is 0 Å². The Hall–Kier alpha value is -2.58. The van der Waals surface area contributed by atoms with Gasteiger partial charge in [0, 0.05) is 31.9 Å². The van der Waals surface area contributed by atoms with Gasteiger partial charge in [0.05, 0.1) is 27.9 Å². The number of rotatable bonds is 3. The molecule has 0 unspecified atom stereocenters. The molecule has 1 atom stereocenters. The van der Waals surface area contributed by atoms with Crippen molar-refractivity contribution < 1.29 is 18.0 Å². The van der Waals surface area contributed by atoms with Crippen molar-refractivity contribution >= 4 is 44.8 Å². The molecule has 0 aliphatic carbocycles. The first-order chi connectivity index (χ1) is 15.1. The van der Waals surface area contributed by atoms with E-state index in [9.17, 15) is 18.0 Å². The van der Waals surface area contributed by atoms with Crippen LogP contribution >= 0.6 is 11.6 Å². The SMILES string of the molecule is Cc1cccc(N2CCN(C(=O)c3ccc(N4C(=O)[C@@H](C)CS4(=O)=O)cc3Cl)CC2)c1C. The van der Waals surface area contributed by atoms with E-state index in [0.29, 0.717) is 31.7 Å². The van der Waals surface area contributed by atoms with Crippen molar-refractivity contribution in [2.45, 2.75) is 20.8 Å². The summed E-state index contributed by atoms with van der Waals surface area (Å²) in [6.45, 7) is 8.31. The lowest BCUT2D eigenvalue weighted by Crippen LogP contribution is -2.49. The molecule has 0 aromatic heterocycles. The maximum absolute atomic E-state index is 13.1. The number of hydrogen-bond acceptors (Lipinski definition) is 5. The zero-order valence-corrected chi connectivity index (χ0v) is 19.9. The van der Waals surface area contributed by atoms with E-state index in [0.717, 1.165) is 4.31 Å². The number of benzene rings is 2. The van der Waals surface area contributed by atoms with Crippen LogP contribution in [0, 0.1) is 19.8 Å². The van der Waals surface area contributed by atoms with Crippen molar-refractivity contribution in [2.24, 2.45) is 5.92 Å². The van der Waals surface area contributed by atoms with Gasteiger partial charge in [0.1, 0.15) is 0 Å². The molecule has 4 rings (SSSR count). The monoisotopic (exact) mass is 475 g/mol. The van der Waals surface area contributed by atoms with Crippen molar-refractivity contribution in [3.8, 4) is 0 Å². The largest absolute Gasteiger partial charge is 0.368 e. The molecular formula is C23H26ClN3O4S. The van der Waals surface area contributed by atoms with E-state index in [4.69, 9.17) is 11.6 Å². The van der Waals surface area contributed by atoms with Crippen LogP contribution < -0.4 is 9.21 Å². The molecule has 0 spiro atoms. The molecule has 0 saturated carbocycles.